The van der Waals surface area contributed by atoms with E-state index < -0.39 is 10.0 Å². The molecule has 170 valence electrons. The van der Waals surface area contributed by atoms with Gasteiger partial charge in [-0.05, 0) is 67.2 Å². The number of carbonyl (C=O) groups is 1. The van der Waals surface area contributed by atoms with Crippen molar-refractivity contribution in [3.8, 4) is 0 Å². The minimum absolute atomic E-state index is 0.0828. The van der Waals surface area contributed by atoms with Crippen LogP contribution >= 0.6 is 11.8 Å². The largest absolute Gasteiger partial charge is 0.293 e. The Hall–Kier alpha value is -1.81. The number of allylic oxidation sites excluding steroid dienone is 1. The number of amides is 1. The van der Waals surface area contributed by atoms with Gasteiger partial charge in [0.25, 0.3) is 5.91 Å². The molecule has 1 amide bonds. The van der Waals surface area contributed by atoms with Gasteiger partial charge in [0.15, 0.2) is 0 Å². The lowest BCUT2D eigenvalue weighted by Gasteiger charge is -2.34. The number of aryl methyl sites for hydroxylation is 2. The summed E-state index contributed by atoms with van der Waals surface area (Å²) in [5, 5.41) is 0.892. The number of amidine groups is 1. The number of sulfonamides is 1. The first kappa shape index (κ1) is 22.0. The Labute approximate surface area is 193 Å². The number of fused-ring (bicyclic) bond motifs is 2. The van der Waals surface area contributed by atoms with E-state index in [1.165, 1.54) is 16.9 Å². The van der Waals surface area contributed by atoms with Crippen molar-refractivity contribution in [3.05, 3.63) is 39.8 Å². The Morgan fingerprint density at radius 2 is 1.81 bits per heavy atom. The zero-order chi connectivity index (χ0) is 22.5. The molecule has 0 saturated carbocycles. The van der Waals surface area contributed by atoms with E-state index >= 15 is 0 Å². The molecule has 0 radical (unpaired) electrons. The highest BCUT2D eigenvalue weighted by molar-refractivity contribution is 8.17. The highest BCUT2D eigenvalue weighted by atomic mass is 32.2. The maximum Gasteiger partial charge on any atom is 0.261 e. The lowest BCUT2D eigenvalue weighted by atomic mass is 9.89. The second kappa shape index (κ2) is 8.52. The van der Waals surface area contributed by atoms with Crippen LogP contribution in [0.4, 0.5) is 0 Å². The maximum absolute atomic E-state index is 13.2. The van der Waals surface area contributed by atoms with Crippen molar-refractivity contribution in [1.82, 2.24) is 9.21 Å². The summed E-state index contributed by atoms with van der Waals surface area (Å²) in [6.07, 6.45) is 4.36. The van der Waals surface area contributed by atoms with Crippen molar-refractivity contribution >= 4 is 38.6 Å². The van der Waals surface area contributed by atoms with Gasteiger partial charge in [-0.1, -0.05) is 23.9 Å². The molecule has 1 aromatic carbocycles. The predicted octanol–water partition coefficient (Wildman–Crippen LogP) is 3.14. The fourth-order valence-electron chi connectivity index (χ4n) is 4.87. The molecule has 0 bridgehead atoms. The van der Waals surface area contributed by atoms with Crippen LogP contribution in [0.2, 0.25) is 0 Å². The quantitative estimate of drug-likeness (QED) is 0.672. The SMILES string of the molecule is Cc1ccc(C)c(S(=O)(=O)N2CCN(CC3=NC(=O)C4C(=N3)SC3=C4CCCC3)CC2)c1. The van der Waals surface area contributed by atoms with Crippen LogP contribution in [-0.4, -0.2) is 67.1 Å². The molecule has 7 nitrogen and oxygen atoms in total. The lowest BCUT2D eigenvalue weighted by Crippen LogP contribution is -2.50. The van der Waals surface area contributed by atoms with Gasteiger partial charge >= 0.3 is 0 Å². The summed E-state index contributed by atoms with van der Waals surface area (Å²) in [6, 6.07) is 5.54. The molecule has 0 aromatic heterocycles. The summed E-state index contributed by atoms with van der Waals surface area (Å²) in [5.41, 5.74) is 2.95. The average Bonchev–Trinajstić information content (AvgIpc) is 3.14. The molecule has 1 aromatic rings. The molecule has 1 fully saturated rings. The van der Waals surface area contributed by atoms with Crippen molar-refractivity contribution in [2.24, 2.45) is 15.9 Å². The molecule has 0 spiro atoms. The molecule has 3 heterocycles. The molecule has 1 saturated heterocycles. The normalized spacial score (nSPS) is 24.8. The Balaban J connectivity index is 1.23. The van der Waals surface area contributed by atoms with Crippen LogP contribution in [0.15, 0.2) is 43.6 Å². The summed E-state index contributed by atoms with van der Waals surface area (Å²) in [5.74, 6) is 0.235. The Bertz CT molecular complexity index is 1160. The van der Waals surface area contributed by atoms with Gasteiger partial charge in [-0.25, -0.2) is 13.4 Å². The van der Waals surface area contributed by atoms with Crippen molar-refractivity contribution in [2.75, 3.05) is 32.7 Å². The number of nitrogens with zero attached hydrogens (tertiary/aromatic N) is 4. The van der Waals surface area contributed by atoms with Gasteiger partial charge in [-0.3, -0.25) is 9.69 Å². The smallest absolute Gasteiger partial charge is 0.261 e. The number of hydrogen-bond donors (Lipinski definition) is 0. The summed E-state index contributed by atoms with van der Waals surface area (Å²) in [4.78, 5) is 25.7. The van der Waals surface area contributed by atoms with Gasteiger partial charge in [0.05, 0.1) is 16.5 Å². The molecule has 32 heavy (non-hydrogen) atoms. The van der Waals surface area contributed by atoms with E-state index in [-0.39, 0.29) is 11.8 Å². The second-order valence-electron chi connectivity index (χ2n) is 8.96. The van der Waals surface area contributed by atoms with E-state index in [1.807, 2.05) is 26.0 Å². The van der Waals surface area contributed by atoms with E-state index in [2.05, 4.69) is 9.89 Å². The first-order valence-corrected chi connectivity index (χ1v) is 13.5. The Kier molecular flexibility index (Phi) is 5.86. The van der Waals surface area contributed by atoms with Crippen molar-refractivity contribution < 1.29 is 13.2 Å². The van der Waals surface area contributed by atoms with Crippen LogP contribution in [0.1, 0.15) is 36.8 Å². The predicted molar refractivity (Wildman–Crippen MR) is 128 cm³/mol. The van der Waals surface area contributed by atoms with Gasteiger partial charge in [-0.2, -0.15) is 9.30 Å². The van der Waals surface area contributed by atoms with Crippen LogP contribution in [-0.2, 0) is 14.8 Å². The van der Waals surface area contributed by atoms with E-state index in [0.717, 1.165) is 35.4 Å². The number of aliphatic imine (C=N–C) groups is 2. The van der Waals surface area contributed by atoms with Crippen LogP contribution in [0.3, 0.4) is 0 Å². The number of piperazine rings is 1. The molecule has 1 atom stereocenters. The van der Waals surface area contributed by atoms with Gasteiger partial charge < -0.3 is 0 Å². The molecule has 4 aliphatic rings. The second-order valence-corrected chi connectivity index (χ2v) is 12.0. The lowest BCUT2D eigenvalue weighted by molar-refractivity contribution is -0.118. The molecule has 3 aliphatic heterocycles. The van der Waals surface area contributed by atoms with Gasteiger partial charge in [0.2, 0.25) is 10.0 Å². The maximum atomic E-state index is 13.2. The van der Waals surface area contributed by atoms with E-state index in [0.29, 0.717) is 43.5 Å². The summed E-state index contributed by atoms with van der Waals surface area (Å²) in [6.45, 7) is 6.23. The van der Waals surface area contributed by atoms with E-state index in [4.69, 9.17) is 4.99 Å². The molecule has 1 aliphatic carbocycles. The third kappa shape index (κ3) is 4.00. The van der Waals surface area contributed by atoms with E-state index in [9.17, 15) is 13.2 Å². The molecular formula is C23H28N4O3S2. The summed E-state index contributed by atoms with van der Waals surface area (Å²) in [7, 11) is -3.52. The van der Waals surface area contributed by atoms with Gasteiger partial charge in [-0.15, -0.1) is 0 Å². The number of carbonyl (C=O) groups excluding carboxylic acids is 1. The molecule has 9 heteroatoms. The third-order valence-corrected chi connectivity index (χ3v) is 9.95. The number of benzene rings is 1. The van der Waals surface area contributed by atoms with Crippen LogP contribution in [0.25, 0.3) is 0 Å². The number of hydrogen-bond acceptors (Lipinski definition) is 6. The zero-order valence-electron chi connectivity index (χ0n) is 18.5. The van der Waals surface area contributed by atoms with Gasteiger partial charge in [0.1, 0.15) is 11.8 Å². The van der Waals surface area contributed by atoms with Crippen LogP contribution < -0.4 is 0 Å². The van der Waals surface area contributed by atoms with Gasteiger partial charge in [0, 0.05) is 26.2 Å². The highest BCUT2D eigenvalue weighted by Gasteiger charge is 2.41. The topological polar surface area (TPSA) is 82.4 Å². The number of thioether (sulfide) groups is 1. The molecule has 0 N–H and O–H groups in total. The van der Waals surface area contributed by atoms with Crippen LogP contribution in [0.5, 0.6) is 0 Å². The minimum atomic E-state index is -3.52. The van der Waals surface area contributed by atoms with E-state index in [1.54, 1.807) is 22.1 Å². The molecule has 5 rings (SSSR count). The number of rotatable bonds is 4. The molecular weight excluding hydrogens is 444 g/mol. The van der Waals surface area contributed by atoms with Crippen molar-refractivity contribution in [3.63, 3.8) is 0 Å². The average molecular weight is 473 g/mol. The first-order chi connectivity index (χ1) is 15.3. The fourth-order valence-corrected chi connectivity index (χ4v) is 7.96. The Morgan fingerprint density at radius 1 is 1.06 bits per heavy atom. The standard InChI is InChI=1S/C23H28N4O3S2/c1-15-7-8-16(2)19(13-15)32(29,30)27-11-9-26(10-12-27)14-20-24-22(28)21-17-5-3-4-6-18(17)31-23(21)25-20/h7-8,13,21H,3-6,9-12,14H2,1-2H3. The first-order valence-electron chi connectivity index (χ1n) is 11.2. The zero-order valence-corrected chi connectivity index (χ0v) is 20.1. The highest BCUT2D eigenvalue weighted by Crippen LogP contribution is 2.47. The van der Waals surface area contributed by atoms with Crippen molar-refractivity contribution in [1.29, 1.82) is 0 Å². The fraction of sp³-hybridized carbons (Fsp3) is 0.522. The Morgan fingerprint density at radius 3 is 2.59 bits per heavy atom. The summed E-state index contributed by atoms with van der Waals surface area (Å²) < 4.78 is 27.9. The van der Waals surface area contributed by atoms with Crippen molar-refractivity contribution in [2.45, 2.75) is 44.4 Å². The third-order valence-electron chi connectivity index (χ3n) is 6.66. The monoisotopic (exact) mass is 472 g/mol. The molecule has 1 unspecified atom stereocenters. The van der Waals surface area contributed by atoms with Crippen LogP contribution in [0, 0.1) is 19.8 Å². The summed E-state index contributed by atoms with van der Waals surface area (Å²) >= 11 is 1.67. The minimum Gasteiger partial charge on any atom is -0.293 e.